The van der Waals surface area contributed by atoms with E-state index in [2.05, 4.69) is 10.3 Å². The fourth-order valence-electron chi connectivity index (χ4n) is 2.80. The molecule has 1 aromatic heterocycles. The second-order valence-electron chi connectivity index (χ2n) is 6.03. The molecular formula is C18H16F3N3O2S. The minimum atomic E-state index is -4.49. The lowest BCUT2D eigenvalue weighted by Crippen LogP contribution is -2.28. The maximum atomic E-state index is 12.9. The average molecular weight is 395 g/mol. The van der Waals surface area contributed by atoms with Gasteiger partial charge in [-0.15, -0.1) is 11.8 Å². The van der Waals surface area contributed by atoms with Crippen molar-refractivity contribution in [2.75, 3.05) is 23.0 Å². The van der Waals surface area contributed by atoms with Crippen molar-refractivity contribution in [1.82, 2.24) is 4.98 Å². The number of rotatable bonds is 4. The summed E-state index contributed by atoms with van der Waals surface area (Å²) < 4.78 is 38.6. The summed E-state index contributed by atoms with van der Waals surface area (Å²) in [6, 6.07) is 8.01. The molecule has 1 atom stereocenters. The molecule has 1 unspecified atom stereocenters. The van der Waals surface area contributed by atoms with E-state index < -0.39 is 17.7 Å². The van der Waals surface area contributed by atoms with E-state index in [9.17, 15) is 22.8 Å². The Balaban J connectivity index is 1.70. The lowest BCUT2D eigenvalue weighted by atomic mass is 10.1. The minimum absolute atomic E-state index is 0.0301. The van der Waals surface area contributed by atoms with E-state index in [1.54, 1.807) is 12.1 Å². The number of pyridine rings is 1. The highest BCUT2D eigenvalue weighted by Gasteiger charge is 2.37. The normalized spacial score (nSPS) is 17.3. The van der Waals surface area contributed by atoms with Crippen molar-refractivity contribution in [2.45, 2.75) is 17.6 Å². The summed E-state index contributed by atoms with van der Waals surface area (Å²) in [7, 11) is 0. The van der Waals surface area contributed by atoms with Gasteiger partial charge in [0, 0.05) is 18.7 Å². The van der Waals surface area contributed by atoms with Crippen molar-refractivity contribution in [3.8, 4) is 0 Å². The van der Waals surface area contributed by atoms with Crippen LogP contribution < -0.4 is 10.2 Å². The van der Waals surface area contributed by atoms with Crippen molar-refractivity contribution in [1.29, 1.82) is 0 Å². The maximum absolute atomic E-state index is 12.9. The Morgan fingerprint density at radius 1 is 1.30 bits per heavy atom. The summed E-state index contributed by atoms with van der Waals surface area (Å²) in [4.78, 5) is 30.0. The highest BCUT2D eigenvalue weighted by atomic mass is 32.2. The number of benzene rings is 1. The molecule has 5 nitrogen and oxygen atoms in total. The molecular weight excluding hydrogens is 379 g/mol. The van der Waals surface area contributed by atoms with Crippen LogP contribution in [-0.4, -0.2) is 29.6 Å². The lowest BCUT2D eigenvalue weighted by Gasteiger charge is -2.18. The molecule has 2 aromatic rings. The van der Waals surface area contributed by atoms with E-state index >= 15 is 0 Å². The van der Waals surface area contributed by atoms with E-state index in [0.717, 1.165) is 17.2 Å². The van der Waals surface area contributed by atoms with Crippen molar-refractivity contribution < 1.29 is 22.8 Å². The van der Waals surface area contributed by atoms with Crippen molar-refractivity contribution in [3.05, 3.63) is 48.2 Å². The number of thioether (sulfide) groups is 1. The zero-order chi connectivity index (χ0) is 19.6. The van der Waals surface area contributed by atoms with Gasteiger partial charge in [-0.3, -0.25) is 9.59 Å². The topological polar surface area (TPSA) is 62.3 Å². The molecule has 3 rings (SSSR count). The van der Waals surface area contributed by atoms with Crippen LogP contribution in [-0.2, 0) is 15.8 Å². The number of hydrogen-bond donors (Lipinski definition) is 1. The smallest absolute Gasteiger partial charge is 0.324 e. The maximum Gasteiger partial charge on any atom is 0.416 e. The van der Waals surface area contributed by atoms with Crippen LogP contribution in [0.5, 0.6) is 0 Å². The highest BCUT2D eigenvalue weighted by molar-refractivity contribution is 7.98. The number of anilines is 2. The molecule has 1 N–H and O–H groups in total. The molecule has 142 valence electrons. The SMILES string of the molecule is CSc1ccc(NC(=O)C2CC(=O)N(c3cccc(C(F)(F)F)c3)C2)cn1. The van der Waals surface area contributed by atoms with Crippen LogP contribution in [0.15, 0.2) is 47.6 Å². The monoisotopic (exact) mass is 395 g/mol. The Kier molecular flexibility index (Phi) is 5.41. The summed E-state index contributed by atoms with van der Waals surface area (Å²) >= 11 is 1.47. The Morgan fingerprint density at radius 3 is 2.70 bits per heavy atom. The average Bonchev–Trinajstić information content (AvgIpc) is 3.04. The van der Waals surface area contributed by atoms with E-state index in [4.69, 9.17) is 0 Å². The molecule has 1 aliphatic rings. The number of aromatic nitrogens is 1. The molecule has 0 radical (unpaired) electrons. The third-order valence-electron chi connectivity index (χ3n) is 4.19. The fraction of sp³-hybridized carbons (Fsp3) is 0.278. The first kappa shape index (κ1) is 19.2. The number of nitrogens with zero attached hydrogens (tertiary/aromatic N) is 2. The van der Waals surface area contributed by atoms with Crippen LogP contribution in [0, 0.1) is 5.92 Å². The summed E-state index contributed by atoms with van der Waals surface area (Å²) in [6.07, 6.45) is -1.15. The molecule has 2 amide bonds. The van der Waals surface area contributed by atoms with Gasteiger partial charge in [0.05, 0.1) is 28.4 Å². The largest absolute Gasteiger partial charge is 0.416 e. The van der Waals surface area contributed by atoms with Crippen molar-refractivity contribution in [3.63, 3.8) is 0 Å². The number of halogens is 3. The van der Waals surface area contributed by atoms with Crippen LogP contribution in [0.2, 0.25) is 0 Å². The molecule has 0 aliphatic carbocycles. The van der Waals surface area contributed by atoms with Gasteiger partial charge in [0.1, 0.15) is 0 Å². The van der Waals surface area contributed by atoms with Gasteiger partial charge in [0.15, 0.2) is 0 Å². The quantitative estimate of drug-likeness (QED) is 0.800. The predicted molar refractivity (Wildman–Crippen MR) is 96.6 cm³/mol. The molecule has 2 heterocycles. The van der Waals surface area contributed by atoms with E-state index in [1.165, 1.54) is 35.0 Å². The van der Waals surface area contributed by atoms with E-state index in [1.807, 2.05) is 6.26 Å². The third-order valence-corrected chi connectivity index (χ3v) is 4.85. The Bertz CT molecular complexity index is 856. The summed E-state index contributed by atoms with van der Waals surface area (Å²) in [5.41, 5.74) is -0.195. The van der Waals surface area contributed by atoms with Crippen LogP contribution in [0.4, 0.5) is 24.5 Å². The standard InChI is InChI=1S/C18H16F3N3O2S/c1-27-15-6-5-13(9-22-15)23-17(26)11-7-16(25)24(10-11)14-4-2-3-12(8-14)18(19,20)21/h2-6,8-9,11H,7,10H2,1H3,(H,23,26). The first-order chi connectivity index (χ1) is 12.8. The van der Waals surface area contributed by atoms with Crippen molar-refractivity contribution in [2.24, 2.45) is 5.92 Å². The molecule has 1 aliphatic heterocycles. The molecule has 1 fully saturated rings. The Labute approximate surface area is 158 Å². The van der Waals surface area contributed by atoms with Gasteiger partial charge in [-0.1, -0.05) is 6.07 Å². The Hall–Kier alpha value is -2.55. The first-order valence-electron chi connectivity index (χ1n) is 8.06. The zero-order valence-electron chi connectivity index (χ0n) is 14.3. The van der Waals surface area contributed by atoms with Crippen LogP contribution in [0.25, 0.3) is 0 Å². The molecule has 9 heteroatoms. The summed E-state index contributed by atoms with van der Waals surface area (Å²) in [6.45, 7) is 0.0301. The van der Waals surface area contributed by atoms with Gasteiger partial charge >= 0.3 is 6.18 Å². The summed E-state index contributed by atoms with van der Waals surface area (Å²) in [5, 5.41) is 3.50. The number of alkyl halides is 3. The predicted octanol–water partition coefficient (Wildman–Crippen LogP) is 3.81. The molecule has 0 spiro atoms. The lowest BCUT2D eigenvalue weighted by molar-refractivity contribution is -0.137. The number of carbonyl (C=O) groups excluding carboxylic acids is 2. The Morgan fingerprint density at radius 2 is 2.07 bits per heavy atom. The van der Waals surface area contributed by atoms with Gasteiger partial charge in [-0.25, -0.2) is 4.98 Å². The molecule has 0 saturated carbocycles. The second kappa shape index (κ2) is 7.59. The third kappa shape index (κ3) is 4.41. The first-order valence-corrected chi connectivity index (χ1v) is 9.29. The molecule has 1 saturated heterocycles. The van der Waals surface area contributed by atoms with Gasteiger partial charge in [-0.05, 0) is 36.6 Å². The zero-order valence-corrected chi connectivity index (χ0v) is 15.1. The van der Waals surface area contributed by atoms with Gasteiger partial charge in [-0.2, -0.15) is 13.2 Å². The fourth-order valence-corrected chi connectivity index (χ4v) is 3.16. The van der Waals surface area contributed by atoms with Crippen molar-refractivity contribution >= 4 is 35.0 Å². The molecule has 1 aromatic carbocycles. The van der Waals surface area contributed by atoms with Crippen LogP contribution in [0.1, 0.15) is 12.0 Å². The van der Waals surface area contributed by atoms with Gasteiger partial charge in [0.2, 0.25) is 11.8 Å². The number of amides is 2. The molecule has 0 bridgehead atoms. The number of carbonyl (C=O) groups is 2. The van der Waals surface area contributed by atoms with Crippen LogP contribution in [0.3, 0.4) is 0 Å². The van der Waals surface area contributed by atoms with Crippen LogP contribution >= 0.6 is 11.8 Å². The highest BCUT2D eigenvalue weighted by Crippen LogP contribution is 2.33. The second-order valence-corrected chi connectivity index (χ2v) is 6.86. The van der Waals surface area contributed by atoms with Gasteiger partial charge in [0.25, 0.3) is 0 Å². The molecule has 27 heavy (non-hydrogen) atoms. The van der Waals surface area contributed by atoms with E-state index in [-0.39, 0.29) is 30.5 Å². The number of hydrogen-bond acceptors (Lipinski definition) is 4. The van der Waals surface area contributed by atoms with Gasteiger partial charge < -0.3 is 10.2 Å². The minimum Gasteiger partial charge on any atom is -0.324 e. The number of nitrogens with one attached hydrogen (secondary N) is 1. The van der Waals surface area contributed by atoms with E-state index in [0.29, 0.717) is 5.69 Å². The summed E-state index contributed by atoms with van der Waals surface area (Å²) in [5.74, 6) is -1.39.